The lowest BCUT2D eigenvalue weighted by atomic mass is 10.1. The third kappa shape index (κ3) is 2.69. The highest BCUT2D eigenvalue weighted by Gasteiger charge is 2.34. The molecule has 1 aliphatic rings. The lowest BCUT2D eigenvalue weighted by Gasteiger charge is -2.19. The molecule has 5 heteroatoms. The van der Waals surface area contributed by atoms with Crippen LogP contribution in [-0.2, 0) is 4.79 Å². The van der Waals surface area contributed by atoms with Gasteiger partial charge in [0.15, 0.2) is 4.32 Å². The first-order valence-corrected chi connectivity index (χ1v) is 8.04. The topological polar surface area (TPSA) is 33.2 Å². The molecule has 0 aliphatic carbocycles. The van der Waals surface area contributed by atoms with E-state index in [1.807, 2.05) is 50.3 Å². The third-order valence-electron chi connectivity index (χ3n) is 3.46. The Balaban J connectivity index is 2.01. The van der Waals surface area contributed by atoms with Crippen LogP contribution in [0.25, 0.3) is 6.08 Å². The second-order valence-corrected chi connectivity index (χ2v) is 6.71. The van der Waals surface area contributed by atoms with E-state index in [-0.39, 0.29) is 5.91 Å². The number of rotatable bonds is 2. The van der Waals surface area contributed by atoms with Gasteiger partial charge in [0.2, 0.25) is 0 Å². The van der Waals surface area contributed by atoms with Gasteiger partial charge in [-0.15, -0.1) is 0 Å². The number of amides is 1. The van der Waals surface area contributed by atoms with E-state index in [1.165, 1.54) is 11.8 Å². The van der Waals surface area contributed by atoms with Gasteiger partial charge in [0, 0.05) is 12.4 Å². The Labute approximate surface area is 139 Å². The fourth-order valence-electron chi connectivity index (χ4n) is 2.43. The molecule has 1 fully saturated rings. The molecule has 1 saturated heterocycles. The highest BCUT2D eigenvalue weighted by molar-refractivity contribution is 8.27. The van der Waals surface area contributed by atoms with Gasteiger partial charge in [-0.3, -0.25) is 14.7 Å². The number of pyridine rings is 1. The summed E-state index contributed by atoms with van der Waals surface area (Å²) in [6.45, 7) is 3.99. The molecule has 1 aliphatic heterocycles. The molecule has 0 bridgehead atoms. The number of anilines is 1. The van der Waals surface area contributed by atoms with Crippen LogP contribution in [0.4, 0.5) is 5.69 Å². The summed E-state index contributed by atoms with van der Waals surface area (Å²) in [6, 6.07) is 9.71. The largest absolute Gasteiger partial charge is 0.270 e. The Morgan fingerprint density at radius 3 is 2.41 bits per heavy atom. The average Bonchev–Trinajstić information content (AvgIpc) is 2.76. The van der Waals surface area contributed by atoms with Gasteiger partial charge in [-0.1, -0.05) is 42.2 Å². The maximum absolute atomic E-state index is 12.8. The summed E-state index contributed by atoms with van der Waals surface area (Å²) in [5.74, 6) is -0.0655. The lowest BCUT2D eigenvalue weighted by molar-refractivity contribution is -0.113. The zero-order valence-electron chi connectivity index (χ0n) is 12.2. The van der Waals surface area contributed by atoms with E-state index < -0.39 is 0 Å². The van der Waals surface area contributed by atoms with Crippen LogP contribution in [0, 0.1) is 13.8 Å². The zero-order valence-corrected chi connectivity index (χ0v) is 13.9. The number of carbonyl (C=O) groups is 1. The standard InChI is InChI=1S/C17H14N2OS2/c1-11-4-3-5-12(2)15(11)19-16(20)14(22-17(19)21)10-13-6-8-18-9-7-13/h3-10H,1-2H3/b14-10-. The molecule has 0 unspecified atom stereocenters. The summed E-state index contributed by atoms with van der Waals surface area (Å²) in [5, 5.41) is 0. The second-order valence-electron chi connectivity index (χ2n) is 5.04. The van der Waals surface area contributed by atoms with Gasteiger partial charge in [0.1, 0.15) is 0 Å². The maximum atomic E-state index is 12.8. The van der Waals surface area contributed by atoms with Gasteiger partial charge < -0.3 is 0 Å². The van der Waals surface area contributed by atoms with Crippen LogP contribution < -0.4 is 4.90 Å². The molecule has 1 aromatic carbocycles. The first-order chi connectivity index (χ1) is 10.6. The smallest absolute Gasteiger partial charge is 0.268 e. The normalized spacial score (nSPS) is 16.6. The van der Waals surface area contributed by atoms with E-state index in [4.69, 9.17) is 12.2 Å². The van der Waals surface area contributed by atoms with Crippen LogP contribution in [0.2, 0.25) is 0 Å². The highest BCUT2D eigenvalue weighted by Crippen LogP contribution is 2.38. The van der Waals surface area contributed by atoms with Gasteiger partial charge >= 0.3 is 0 Å². The molecule has 0 radical (unpaired) electrons. The van der Waals surface area contributed by atoms with Crippen molar-refractivity contribution >= 4 is 46.0 Å². The molecule has 0 N–H and O–H groups in total. The van der Waals surface area contributed by atoms with Crippen molar-refractivity contribution in [2.24, 2.45) is 0 Å². The lowest BCUT2D eigenvalue weighted by Crippen LogP contribution is -2.29. The number of nitrogens with zero attached hydrogens (tertiary/aromatic N) is 2. The van der Waals surface area contributed by atoms with Crippen molar-refractivity contribution in [1.29, 1.82) is 0 Å². The van der Waals surface area contributed by atoms with E-state index in [0.717, 1.165) is 22.4 Å². The Morgan fingerprint density at radius 1 is 1.14 bits per heavy atom. The summed E-state index contributed by atoms with van der Waals surface area (Å²) in [4.78, 5) is 19.0. The van der Waals surface area contributed by atoms with Gasteiger partial charge in [0.25, 0.3) is 5.91 Å². The average molecular weight is 326 g/mol. The summed E-state index contributed by atoms with van der Waals surface area (Å²) < 4.78 is 0.572. The monoisotopic (exact) mass is 326 g/mol. The maximum Gasteiger partial charge on any atom is 0.270 e. The quantitative estimate of drug-likeness (QED) is 0.614. The number of para-hydroxylation sites is 1. The molecule has 0 atom stereocenters. The molecule has 3 nitrogen and oxygen atoms in total. The van der Waals surface area contributed by atoms with Crippen LogP contribution in [0.1, 0.15) is 16.7 Å². The number of hydrogen-bond acceptors (Lipinski definition) is 4. The number of benzene rings is 1. The Kier molecular flexibility index (Phi) is 4.09. The van der Waals surface area contributed by atoms with Crippen LogP contribution in [-0.4, -0.2) is 15.2 Å². The molecule has 2 aromatic rings. The van der Waals surface area contributed by atoms with Crippen LogP contribution in [0.3, 0.4) is 0 Å². The van der Waals surface area contributed by atoms with Crippen molar-refractivity contribution in [2.75, 3.05) is 4.90 Å². The molecular weight excluding hydrogens is 312 g/mol. The molecule has 0 spiro atoms. The van der Waals surface area contributed by atoms with Crippen LogP contribution in [0.15, 0.2) is 47.6 Å². The van der Waals surface area contributed by atoms with E-state index in [2.05, 4.69) is 4.98 Å². The Bertz CT molecular complexity index is 764. The molecule has 1 amide bonds. The molecule has 1 aromatic heterocycles. The van der Waals surface area contributed by atoms with E-state index >= 15 is 0 Å². The van der Waals surface area contributed by atoms with Crippen LogP contribution in [0.5, 0.6) is 0 Å². The first kappa shape index (κ1) is 14.9. The second kappa shape index (κ2) is 6.02. The van der Waals surface area contributed by atoms with Crippen LogP contribution >= 0.6 is 24.0 Å². The molecule has 3 rings (SSSR count). The molecule has 22 heavy (non-hydrogen) atoms. The number of thiocarbonyl (C=S) groups is 1. The van der Waals surface area contributed by atoms with Crippen molar-refractivity contribution in [3.8, 4) is 0 Å². The predicted octanol–water partition coefficient (Wildman–Crippen LogP) is 4.10. The minimum absolute atomic E-state index is 0.0655. The van der Waals surface area contributed by atoms with Gasteiger partial charge in [-0.2, -0.15) is 0 Å². The summed E-state index contributed by atoms with van der Waals surface area (Å²) >= 11 is 6.76. The highest BCUT2D eigenvalue weighted by atomic mass is 32.2. The van der Waals surface area contributed by atoms with Crippen molar-refractivity contribution < 1.29 is 4.79 Å². The molecule has 110 valence electrons. The third-order valence-corrected chi connectivity index (χ3v) is 4.76. The van der Waals surface area contributed by atoms with E-state index in [9.17, 15) is 4.79 Å². The van der Waals surface area contributed by atoms with Crippen molar-refractivity contribution in [1.82, 2.24) is 4.98 Å². The number of hydrogen-bond donors (Lipinski definition) is 0. The molecule has 2 heterocycles. The Hall–Kier alpha value is -1.98. The summed E-state index contributed by atoms with van der Waals surface area (Å²) in [5.41, 5.74) is 3.92. The van der Waals surface area contributed by atoms with Gasteiger partial charge in [-0.05, 0) is 48.7 Å². The number of thioether (sulfide) groups is 1. The number of aryl methyl sites for hydroxylation is 2. The number of aromatic nitrogens is 1. The summed E-state index contributed by atoms with van der Waals surface area (Å²) in [6.07, 6.45) is 5.27. The fraction of sp³-hybridized carbons (Fsp3) is 0.118. The summed E-state index contributed by atoms with van der Waals surface area (Å²) in [7, 11) is 0. The zero-order chi connectivity index (χ0) is 15.7. The minimum Gasteiger partial charge on any atom is -0.268 e. The molecule has 0 saturated carbocycles. The first-order valence-electron chi connectivity index (χ1n) is 6.82. The Morgan fingerprint density at radius 2 is 1.77 bits per heavy atom. The number of carbonyl (C=O) groups excluding carboxylic acids is 1. The van der Waals surface area contributed by atoms with E-state index in [0.29, 0.717) is 9.23 Å². The van der Waals surface area contributed by atoms with Crippen molar-refractivity contribution in [3.63, 3.8) is 0 Å². The fourth-order valence-corrected chi connectivity index (χ4v) is 3.70. The van der Waals surface area contributed by atoms with Crippen molar-refractivity contribution in [3.05, 3.63) is 64.3 Å². The molecular formula is C17H14N2OS2. The van der Waals surface area contributed by atoms with Gasteiger partial charge in [0.05, 0.1) is 10.6 Å². The minimum atomic E-state index is -0.0655. The van der Waals surface area contributed by atoms with E-state index in [1.54, 1.807) is 17.3 Å². The van der Waals surface area contributed by atoms with Crippen molar-refractivity contribution in [2.45, 2.75) is 13.8 Å². The van der Waals surface area contributed by atoms with Gasteiger partial charge in [-0.25, -0.2) is 0 Å². The predicted molar refractivity (Wildman–Crippen MR) is 95.8 cm³/mol. The SMILES string of the molecule is Cc1cccc(C)c1N1C(=O)/C(=C/c2ccncc2)SC1=S.